The molecule has 1 aromatic rings. The van der Waals surface area contributed by atoms with E-state index in [9.17, 15) is 0 Å². The van der Waals surface area contributed by atoms with Gasteiger partial charge >= 0.3 is 0 Å². The summed E-state index contributed by atoms with van der Waals surface area (Å²) >= 11 is 1.84. The lowest BCUT2D eigenvalue weighted by Gasteiger charge is -2.10. The fourth-order valence-corrected chi connectivity index (χ4v) is 3.07. The van der Waals surface area contributed by atoms with Gasteiger partial charge in [-0.1, -0.05) is 13.3 Å². The highest BCUT2D eigenvalue weighted by Crippen LogP contribution is 2.34. The fourth-order valence-electron chi connectivity index (χ4n) is 2.24. The third-order valence-corrected chi connectivity index (χ3v) is 4.35. The molecule has 0 aliphatic heterocycles. The highest BCUT2D eigenvalue weighted by Gasteiger charge is 2.36. The zero-order chi connectivity index (χ0) is 13.0. The molecule has 1 aliphatic rings. The molecule has 100 valence electrons. The second kappa shape index (κ2) is 6.23. The summed E-state index contributed by atoms with van der Waals surface area (Å²) < 4.78 is 0. The molecule has 4 heteroatoms. The molecule has 0 radical (unpaired) electrons. The topological polar surface area (TPSA) is 36.4 Å². The Hall–Kier alpha value is -1.03. The second-order valence-electron chi connectivity index (χ2n) is 4.97. The minimum Gasteiger partial charge on any atom is -0.353 e. The van der Waals surface area contributed by atoms with Gasteiger partial charge in [-0.25, -0.2) is 0 Å². The number of rotatable bonds is 5. The summed E-state index contributed by atoms with van der Waals surface area (Å²) in [6, 6.07) is 4.98. The van der Waals surface area contributed by atoms with Crippen LogP contribution in [-0.2, 0) is 6.54 Å². The molecule has 0 amide bonds. The second-order valence-corrected chi connectivity index (χ2v) is 6.35. The predicted molar refractivity (Wildman–Crippen MR) is 79.2 cm³/mol. The lowest BCUT2D eigenvalue weighted by molar-refractivity contribution is 0.655. The number of guanidine groups is 1. The number of hydrogen-bond acceptors (Lipinski definition) is 2. The first kappa shape index (κ1) is 13.4. The normalized spacial score (nSPS) is 22.9. The van der Waals surface area contributed by atoms with Crippen LogP contribution in [0.2, 0.25) is 0 Å². The van der Waals surface area contributed by atoms with Crippen molar-refractivity contribution in [3.05, 3.63) is 21.9 Å². The van der Waals surface area contributed by atoms with Crippen molar-refractivity contribution in [2.75, 3.05) is 7.05 Å². The lowest BCUT2D eigenvalue weighted by Crippen LogP contribution is -2.38. The minimum absolute atomic E-state index is 0.640. The SMILES string of the molecule is CCCC1CC1NC(=NC)NCc1ccc(C)s1. The summed E-state index contributed by atoms with van der Waals surface area (Å²) in [7, 11) is 1.84. The molecule has 0 bridgehead atoms. The Morgan fingerprint density at radius 2 is 2.33 bits per heavy atom. The van der Waals surface area contributed by atoms with E-state index in [0.29, 0.717) is 6.04 Å². The summed E-state index contributed by atoms with van der Waals surface area (Å²) in [5.41, 5.74) is 0. The number of aliphatic imine (C=N–C) groups is 1. The average Bonchev–Trinajstić information content (AvgIpc) is 2.95. The van der Waals surface area contributed by atoms with Crippen LogP contribution in [-0.4, -0.2) is 19.0 Å². The van der Waals surface area contributed by atoms with E-state index in [-0.39, 0.29) is 0 Å². The first-order valence-corrected chi connectivity index (χ1v) is 7.57. The Balaban J connectivity index is 1.73. The molecule has 1 fully saturated rings. The van der Waals surface area contributed by atoms with Crippen molar-refractivity contribution in [1.29, 1.82) is 0 Å². The zero-order valence-corrected chi connectivity index (χ0v) is 12.3. The number of aryl methyl sites for hydroxylation is 1. The van der Waals surface area contributed by atoms with Crippen molar-refractivity contribution < 1.29 is 0 Å². The van der Waals surface area contributed by atoms with Crippen LogP contribution in [0.25, 0.3) is 0 Å². The van der Waals surface area contributed by atoms with Crippen LogP contribution in [0.3, 0.4) is 0 Å². The van der Waals surface area contributed by atoms with Crippen molar-refractivity contribution in [3.63, 3.8) is 0 Å². The van der Waals surface area contributed by atoms with Gasteiger partial charge in [0, 0.05) is 22.8 Å². The van der Waals surface area contributed by atoms with Crippen LogP contribution in [0, 0.1) is 12.8 Å². The summed E-state index contributed by atoms with van der Waals surface area (Å²) in [6.45, 7) is 5.26. The highest BCUT2D eigenvalue weighted by molar-refractivity contribution is 7.11. The van der Waals surface area contributed by atoms with Gasteiger partial charge in [0.05, 0.1) is 6.54 Å². The molecular weight excluding hydrogens is 242 g/mol. The van der Waals surface area contributed by atoms with Gasteiger partial charge in [-0.05, 0) is 37.8 Å². The van der Waals surface area contributed by atoms with Crippen molar-refractivity contribution in [2.24, 2.45) is 10.9 Å². The zero-order valence-electron chi connectivity index (χ0n) is 11.5. The van der Waals surface area contributed by atoms with Crippen LogP contribution in [0.1, 0.15) is 35.9 Å². The highest BCUT2D eigenvalue weighted by atomic mass is 32.1. The molecule has 0 spiro atoms. The van der Waals surface area contributed by atoms with E-state index in [1.54, 1.807) is 0 Å². The molecule has 1 aliphatic carbocycles. The average molecular weight is 265 g/mol. The van der Waals surface area contributed by atoms with Crippen molar-refractivity contribution >= 4 is 17.3 Å². The van der Waals surface area contributed by atoms with Gasteiger partial charge in [0.2, 0.25) is 0 Å². The van der Waals surface area contributed by atoms with E-state index in [1.165, 1.54) is 29.0 Å². The maximum atomic E-state index is 4.28. The van der Waals surface area contributed by atoms with Crippen LogP contribution in [0.4, 0.5) is 0 Å². The Labute approximate surface area is 114 Å². The first-order valence-electron chi connectivity index (χ1n) is 6.75. The van der Waals surface area contributed by atoms with E-state index in [4.69, 9.17) is 0 Å². The minimum atomic E-state index is 0.640. The molecule has 2 atom stereocenters. The molecular formula is C14H23N3S. The van der Waals surface area contributed by atoms with Gasteiger partial charge in [0.25, 0.3) is 0 Å². The number of nitrogens with zero attached hydrogens (tertiary/aromatic N) is 1. The van der Waals surface area contributed by atoms with Crippen LogP contribution < -0.4 is 10.6 Å². The van der Waals surface area contributed by atoms with E-state index in [0.717, 1.165) is 18.4 Å². The van der Waals surface area contributed by atoms with Crippen molar-refractivity contribution in [1.82, 2.24) is 10.6 Å². The van der Waals surface area contributed by atoms with Gasteiger partial charge in [-0.3, -0.25) is 4.99 Å². The maximum Gasteiger partial charge on any atom is 0.191 e. The molecule has 1 heterocycles. The number of thiophene rings is 1. The van der Waals surface area contributed by atoms with Gasteiger partial charge in [0.1, 0.15) is 0 Å². The van der Waals surface area contributed by atoms with E-state index >= 15 is 0 Å². The summed E-state index contributed by atoms with van der Waals surface area (Å²) in [4.78, 5) is 7.00. The van der Waals surface area contributed by atoms with Gasteiger partial charge < -0.3 is 10.6 Å². The smallest absolute Gasteiger partial charge is 0.191 e. The van der Waals surface area contributed by atoms with Crippen LogP contribution >= 0.6 is 11.3 Å². The van der Waals surface area contributed by atoms with E-state index < -0.39 is 0 Å². The molecule has 1 saturated carbocycles. The maximum absolute atomic E-state index is 4.28. The quantitative estimate of drug-likeness (QED) is 0.634. The number of hydrogen-bond donors (Lipinski definition) is 2. The largest absolute Gasteiger partial charge is 0.353 e. The third kappa shape index (κ3) is 3.73. The lowest BCUT2D eigenvalue weighted by atomic mass is 10.2. The van der Waals surface area contributed by atoms with Crippen molar-refractivity contribution in [3.8, 4) is 0 Å². The van der Waals surface area contributed by atoms with Gasteiger partial charge in [0.15, 0.2) is 5.96 Å². The molecule has 3 nitrogen and oxygen atoms in total. The summed E-state index contributed by atoms with van der Waals surface area (Å²) in [5, 5.41) is 6.88. The predicted octanol–water partition coefficient (Wildman–Crippen LogP) is 2.91. The third-order valence-electron chi connectivity index (χ3n) is 3.35. The Morgan fingerprint density at radius 1 is 1.50 bits per heavy atom. The van der Waals surface area contributed by atoms with Crippen LogP contribution in [0.5, 0.6) is 0 Å². The summed E-state index contributed by atoms with van der Waals surface area (Å²) in [5.74, 6) is 1.79. The molecule has 2 rings (SSSR count). The molecule has 18 heavy (non-hydrogen) atoms. The van der Waals surface area contributed by atoms with Crippen LogP contribution in [0.15, 0.2) is 17.1 Å². The summed E-state index contributed by atoms with van der Waals surface area (Å²) in [6.07, 6.45) is 3.91. The standard InChI is InChI=1S/C14H23N3S/c1-4-5-11-8-13(11)17-14(15-3)16-9-12-7-6-10(2)18-12/h6-7,11,13H,4-5,8-9H2,1-3H3,(H2,15,16,17). The van der Waals surface area contributed by atoms with Gasteiger partial charge in [-0.15, -0.1) is 11.3 Å². The molecule has 2 unspecified atom stereocenters. The number of nitrogens with one attached hydrogen (secondary N) is 2. The molecule has 0 saturated heterocycles. The van der Waals surface area contributed by atoms with Gasteiger partial charge in [-0.2, -0.15) is 0 Å². The van der Waals surface area contributed by atoms with E-state index in [2.05, 4.69) is 41.6 Å². The Bertz CT molecular complexity index is 411. The first-order chi connectivity index (χ1) is 8.72. The Kier molecular flexibility index (Phi) is 4.64. The van der Waals surface area contributed by atoms with E-state index in [1.807, 2.05) is 18.4 Å². The molecule has 0 aromatic carbocycles. The monoisotopic (exact) mass is 265 g/mol. The van der Waals surface area contributed by atoms with Crippen molar-refractivity contribution in [2.45, 2.75) is 45.7 Å². The fraction of sp³-hybridized carbons (Fsp3) is 0.643. The molecule has 2 N–H and O–H groups in total. The molecule has 1 aromatic heterocycles. The Morgan fingerprint density at radius 3 is 2.94 bits per heavy atom.